The Morgan fingerprint density at radius 2 is 1.78 bits per heavy atom. The minimum atomic E-state index is -0.591. The molecule has 2 heterocycles. The number of carbonyl (C=O) groups excluding carboxylic acids is 4. The lowest BCUT2D eigenvalue weighted by Crippen LogP contribution is -2.42. The molecule has 0 radical (unpaired) electrons. The topological polar surface area (TPSA) is 98.8 Å². The van der Waals surface area contributed by atoms with E-state index in [2.05, 4.69) is 10.6 Å². The Balaban J connectivity index is 1.25. The fourth-order valence-electron chi connectivity index (χ4n) is 4.39. The molecule has 182 valence electrons. The van der Waals surface area contributed by atoms with Crippen molar-refractivity contribution in [2.24, 2.45) is 5.92 Å². The van der Waals surface area contributed by atoms with Crippen molar-refractivity contribution >= 4 is 46.4 Å². The first-order chi connectivity index (χ1) is 17.3. The monoisotopic (exact) mass is 486 g/mol. The van der Waals surface area contributed by atoms with Crippen molar-refractivity contribution in [3.8, 4) is 0 Å². The Morgan fingerprint density at radius 3 is 2.53 bits per heavy atom. The molecule has 0 aliphatic carbocycles. The Bertz CT molecular complexity index is 1390. The van der Waals surface area contributed by atoms with Gasteiger partial charge < -0.3 is 15.5 Å². The van der Waals surface area contributed by atoms with E-state index in [1.807, 2.05) is 0 Å². The zero-order chi connectivity index (χ0) is 25.4. The lowest BCUT2D eigenvalue weighted by atomic mass is 10.1. The number of carbonyl (C=O) groups is 4. The summed E-state index contributed by atoms with van der Waals surface area (Å²) < 4.78 is 13.9. The second-order valence-corrected chi connectivity index (χ2v) is 8.86. The van der Waals surface area contributed by atoms with Crippen LogP contribution in [0.2, 0.25) is 0 Å². The summed E-state index contributed by atoms with van der Waals surface area (Å²) in [6.45, 7) is 1.70. The van der Waals surface area contributed by atoms with Gasteiger partial charge in [0.1, 0.15) is 12.4 Å². The highest BCUT2D eigenvalue weighted by Crippen LogP contribution is 2.31. The summed E-state index contributed by atoms with van der Waals surface area (Å²) in [6.07, 6.45) is 0.0222. The fourth-order valence-corrected chi connectivity index (χ4v) is 4.39. The van der Waals surface area contributed by atoms with Crippen LogP contribution in [0.25, 0.3) is 0 Å². The van der Waals surface area contributed by atoms with Gasteiger partial charge in [0.05, 0.1) is 17.3 Å². The normalized spacial score (nSPS) is 17.0. The lowest BCUT2D eigenvalue weighted by Gasteiger charge is -2.29. The predicted octanol–water partition coefficient (Wildman–Crippen LogP) is 3.72. The van der Waals surface area contributed by atoms with Crippen molar-refractivity contribution in [1.29, 1.82) is 0 Å². The zero-order valence-corrected chi connectivity index (χ0v) is 19.5. The van der Waals surface area contributed by atoms with Crippen LogP contribution >= 0.6 is 0 Å². The third-order valence-corrected chi connectivity index (χ3v) is 6.38. The number of hydrogen-bond donors (Lipinski definition) is 2. The zero-order valence-electron chi connectivity index (χ0n) is 19.5. The molecule has 5 rings (SSSR count). The van der Waals surface area contributed by atoms with Crippen LogP contribution in [-0.2, 0) is 14.4 Å². The molecule has 1 atom stereocenters. The first-order valence-corrected chi connectivity index (χ1v) is 11.5. The first-order valence-electron chi connectivity index (χ1n) is 11.5. The van der Waals surface area contributed by atoms with Gasteiger partial charge in [0, 0.05) is 29.9 Å². The Labute approximate surface area is 206 Å². The Morgan fingerprint density at radius 1 is 1.03 bits per heavy atom. The lowest BCUT2D eigenvalue weighted by molar-refractivity contribution is -0.122. The van der Waals surface area contributed by atoms with E-state index in [4.69, 9.17) is 0 Å². The van der Waals surface area contributed by atoms with Crippen molar-refractivity contribution in [3.05, 3.63) is 83.7 Å². The SMILES string of the molecule is Cc1ccc(N2CC(C(=O)Nc3ccc(C(=O)N4CC(=O)Nc5ccccc54)cc3)CC2=O)cc1F. The highest BCUT2D eigenvalue weighted by Gasteiger charge is 2.35. The number of anilines is 4. The number of aryl methyl sites for hydroxylation is 1. The molecule has 0 bridgehead atoms. The Kier molecular flexibility index (Phi) is 5.97. The predicted molar refractivity (Wildman–Crippen MR) is 133 cm³/mol. The Hall–Kier alpha value is -4.53. The minimum absolute atomic E-state index is 0.0222. The third-order valence-electron chi connectivity index (χ3n) is 6.38. The maximum atomic E-state index is 13.9. The fraction of sp³-hybridized carbons (Fsp3) is 0.185. The number of nitrogens with one attached hydrogen (secondary N) is 2. The molecule has 9 heteroatoms. The average molecular weight is 487 g/mol. The summed E-state index contributed by atoms with van der Waals surface area (Å²) in [7, 11) is 0. The molecule has 3 aromatic rings. The summed E-state index contributed by atoms with van der Waals surface area (Å²) in [4.78, 5) is 53.2. The van der Waals surface area contributed by atoms with Crippen molar-refractivity contribution in [1.82, 2.24) is 0 Å². The number of halogens is 1. The molecule has 2 aliphatic heterocycles. The van der Waals surface area contributed by atoms with E-state index >= 15 is 0 Å². The van der Waals surface area contributed by atoms with E-state index in [1.165, 1.54) is 15.9 Å². The number of rotatable bonds is 4. The maximum absolute atomic E-state index is 13.9. The van der Waals surface area contributed by atoms with Gasteiger partial charge in [-0.15, -0.1) is 0 Å². The molecule has 4 amide bonds. The molecule has 0 aromatic heterocycles. The molecular formula is C27H23FN4O4. The number of fused-ring (bicyclic) bond motifs is 1. The van der Waals surface area contributed by atoms with Crippen molar-refractivity contribution in [3.63, 3.8) is 0 Å². The summed E-state index contributed by atoms with van der Waals surface area (Å²) >= 11 is 0. The van der Waals surface area contributed by atoms with Crippen LogP contribution in [0.15, 0.2) is 66.7 Å². The van der Waals surface area contributed by atoms with E-state index in [0.29, 0.717) is 33.9 Å². The maximum Gasteiger partial charge on any atom is 0.258 e. The number of para-hydroxylation sites is 2. The van der Waals surface area contributed by atoms with Gasteiger partial charge in [-0.1, -0.05) is 18.2 Å². The third kappa shape index (κ3) is 4.43. The van der Waals surface area contributed by atoms with E-state index in [9.17, 15) is 23.6 Å². The van der Waals surface area contributed by atoms with Crippen LogP contribution in [0.3, 0.4) is 0 Å². The van der Waals surface area contributed by atoms with Gasteiger partial charge in [0.25, 0.3) is 5.91 Å². The van der Waals surface area contributed by atoms with Gasteiger partial charge in [-0.3, -0.25) is 24.1 Å². The summed E-state index contributed by atoms with van der Waals surface area (Å²) in [5.41, 5.74) is 2.92. The largest absolute Gasteiger partial charge is 0.326 e. The van der Waals surface area contributed by atoms with Crippen molar-refractivity contribution < 1.29 is 23.6 Å². The van der Waals surface area contributed by atoms with E-state index in [-0.39, 0.29) is 43.1 Å². The molecule has 8 nitrogen and oxygen atoms in total. The number of benzene rings is 3. The molecule has 1 unspecified atom stereocenters. The van der Waals surface area contributed by atoms with Gasteiger partial charge in [0.15, 0.2) is 0 Å². The summed E-state index contributed by atoms with van der Waals surface area (Å²) in [5, 5.41) is 5.53. The van der Waals surface area contributed by atoms with Crippen LogP contribution in [-0.4, -0.2) is 36.7 Å². The van der Waals surface area contributed by atoms with Gasteiger partial charge in [-0.25, -0.2) is 4.39 Å². The van der Waals surface area contributed by atoms with Crippen LogP contribution in [0.4, 0.5) is 27.1 Å². The summed E-state index contributed by atoms with van der Waals surface area (Å²) in [6, 6.07) is 18.0. The average Bonchev–Trinajstić information content (AvgIpc) is 3.27. The van der Waals surface area contributed by atoms with Gasteiger partial charge in [-0.05, 0) is 61.0 Å². The highest BCUT2D eigenvalue weighted by atomic mass is 19.1. The van der Waals surface area contributed by atoms with Crippen molar-refractivity contribution in [2.75, 3.05) is 33.5 Å². The molecule has 1 saturated heterocycles. The first kappa shape index (κ1) is 23.2. The van der Waals surface area contributed by atoms with E-state index < -0.39 is 11.7 Å². The summed E-state index contributed by atoms with van der Waals surface area (Å²) in [5.74, 6) is -2.19. The van der Waals surface area contributed by atoms with Crippen molar-refractivity contribution in [2.45, 2.75) is 13.3 Å². The van der Waals surface area contributed by atoms with Crippen LogP contribution in [0.1, 0.15) is 22.3 Å². The quantitative estimate of drug-likeness (QED) is 0.587. The second-order valence-electron chi connectivity index (χ2n) is 8.86. The van der Waals surface area contributed by atoms with E-state index in [1.54, 1.807) is 67.6 Å². The molecule has 36 heavy (non-hydrogen) atoms. The smallest absolute Gasteiger partial charge is 0.258 e. The molecule has 2 N–H and O–H groups in total. The molecule has 2 aliphatic rings. The van der Waals surface area contributed by atoms with Crippen LogP contribution in [0.5, 0.6) is 0 Å². The van der Waals surface area contributed by atoms with Gasteiger partial charge in [-0.2, -0.15) is 0 Å². The molecule has 3 aromatic carbocycles. The molecule has 0 spiro atoms. The number of amides is 4. The number of hydrogen-bond acceptors (Lipinski definition) is 4. The standard InChI is InChI=1S/C27H23FN4O4/c1-16-6-11-20(13-21(16)28)31-14-18(12-25(31)34)26(35)29-19-9-7-17(8-10-19)27(36)32-15-24(33)30-22-4-2-3-5-23(22)32/h2-11,13,18H,12,14-15H2,1H3,(H,29,35)(H,30,33). The second kappa shape index (κ2) is 9.26. The highest BCUT2D eigenvalue weighted by molar-refractivity contribution is 6.15. The number of nitrogens with zero attached hydrogens (tertiary/aromatic N) is 2. The molecule has 0 saturated carbocycles. The van der Waals surface area contributed by atoms with Gasteiger partial charge >= 0.3 is 0 Å². The minimum Gasteiger partial charge on any atom is -0.326 e. The van der Waals surface area contributed by atoms with Crippen LogP contribution in [0, 0.1) is 18.7 Å². The molecular weight excluding hydrogens is 463 g/mol. The van der Waals surface area contributed by atoms with Gasteiger partial charge in [0.2, 0.25) is 17.7 Å². The van der Waals surface area contributed by atoms with E-state index in [0.717, 1.165) is 0 Å². The van der Waals surface area contributed by atoms with Crippen LogP contribution < -0.4 is 20.4 Å². The molecule has 1 fully saturated rings.